The lowest BCUT2D eigenvalue weighted by molar-refractivity contribution is 0.225. The van der Waals surface area contributed by atoms with Gasteiger partial charge < -0.3 is 0 Å². The maximum Gasteiger partial charge on any atom is 0.0965 e. The van der Waals surface area contributed by atoms with Crippen LogP contribution in [0.4, 0.5) is 0 Å². The topological polar surface area (TPSA) is 28.7 Å². The summed E-state index contributed by atoms with van der Waals surface area (Å²) in [4.78, 5) is 0. The monoisotopic (exact) mass is 302 g/mol. The molecule has 3 aromatic rings. The molecule has 0 saturated heterocycles. The van der Waals surface area contributed by atoms with Gasteiger partial charge in [0.05, 0.1) is 5.69 Å². The number of hydrogen-bond acceptors (Lipinski definition) is 1. The molecule has 2 nitrogen and oxygen atoms in total. The molecule has 5 rings (SSSR count). The highest BCUT2D eigenvalue weighted by Crippen LogP contribution is 2.68. The van der Waals surface area contributed by atoms with Crippen LogP contribution in [0, 0.1) is 5.41 Å². The van der Waals surface area contributed by atoms with E-state index in [0.29, 0.717) is 11.3 Å². The number of fused-ring (bicyclic) bond motifs is 6. The summed E-state index contributed by atoms with van der Waals surface area (Å²) in [5.74, 6) is 0.621. The number of aromatic nitrogens is 2. The Morgan fingerprint density at radius 3 is 2.70 bits per heavy atom. The fourth-order valence-electron chi connectivity index (χ4n) is 5.20. The van der Waals surface area contributed by atoms with E-state index in [1.807, 2.05) is 0 Å². The van der Waals surface area contributed by atoms with Crippen molar-refractivity contribution in [2.75, 3.05) is 0 Å². The molecule has 2 aliphatic rings. The third-order valence-electron chi connectivity index (χ3n) is 6.98. The van der Waals surface area contributed by atoms with Crippen molar-refractivity contribution >= 4 is 10.8 Å². The smallest absolute Gasteiger partial charge is 0.0965 e. The van der Waals surface area contributed by atoms with Crippen molar-refractivity contribution in [2.45, 2.75) is 44.9 Å². The Morgan fingerprint density at radius 1 is 1.04 bits per heavy atom. The van der Waals surface area contributed by atoms with E-state index in [2.05, 4.69) is 68.3 Å². The van der Waals surface area contributed by atoms with E-state index < -0.39 is 0 Å². The summed E-state index contributed by atoms with van der Waals surface area (Å²) < 4.78 is 0. The first kappa shape index (κ1) is 13.4. The molecule has 1 aromatic heterocycles. The highest BCUT2D eigenvalue weighted by molar-refractivity contribution is 5.96. The minimum Gasteiger partial charge on any atom is -0.281 e. The van der Waals surface area contributed by atoms with E-state index in [0.717, 1.165) is 0 Å². The molecule has 1 N–H and O–H groups in total. The van der Waals surface area contributed by atoms with Gasteiger partial charge in [-0.05, 0) is 34.9 Å². The van der Waals surface area contributed by atoms with Gasteiger partial charge in [0.2, 0.25) is 0 Å². The maximum absolute atomic E-state index is 4.78. The number of benzene rings is 2. The van der Waals surface area contributed by atoms with Crippen molar-refractivity contribution in [1.29, 1.82) is 0 Å². The Hall–Kier alpha value is -2.09. The van der Waals surface area contributed by atoms with Crippen LogP contribution in [-0.4, -0.2) is 10.2 Å². The molecular formula is C21H22N2. The highest BCUT2D eigenvalue weighted by Gasteiger charge is 2.61. The van der Waals surface area contributed by atoms with Gasteiger partial charge in [0, 0.05) is 22.2 Å². The minimum atomic E-state index is 0.239. The Balaban J connectivity index is 1.80. The third kappa shape index (κ3) is 1.43. The molecule has 2 unspecified atom stereocenters. The molecule has 116 valence electrons. The number of rotatable bonds is 1. The summed E-state index contributed by atoms with van der Waals surface area (Å²) in [5.41, 5.74) is 5.88. The van der Waals surface area contributed by atoms with E-state index in [1.165, 1.54) is 46.1 Å². The number of nitrogens with zero attached hydrogens (tertiary/aromatic N) is 1. The molecule has 0 radical (unpaired) electrons. The number of hydrogen-bond donors (Lipinski definition) is 1. The Labute approximate surface area is 136 Å². The quantitative estimate of drug-likeness (QED) is 0.640. The van der Waals surface area contributed by atoms with Crippen LogP contribution >= 0.6 is 0 Å². The van der Waals surface area contributed by atoms with Crippen LogP contribution < -0.4 is 0 Å². The van der Waals surface area contributed by atoms with E-state index >= 15 is 0 Å². The molecule has 2 heteroatoms. The first-order valence-corrected chi connectivity index (χ1v) is 8.61. The highest BCUT2D eigenvalue weighted by atomic mass is 15.1. The van der Waals surface area contributed by atoms with Gasteiger partial charge in [-0.25, -0.2) is 0 Å². The Bertz CT molecular complexity index is 929. The largest absolute Gasteiger partial charge is 0.281 e. The predicted octanol–water partition coefficient (Wildman–Crippen LogP) is 5.40. The lowest BCUT2D eigenvalue weighted by atomic mass is 9.70. The van der Waals surface area contributed by atoms with Crippen molar-refractivity contribution in [2.24, 2.45) is 5.41 Å². The Morgan fingerprint density at radius 2 is 1.83 bits per heavy atom. The van der Waals surface area contributed by atoms with Gasteiger partial charge in [-0.3, -0.25) is 5.10 Å². The van der Waals surface area contributed by atoms with Gasteiger partial charge in [0.1, 0.15) is 0 Å². The normalized spacial score (nSPS) is 27.5. The van der Waals surface area contributed by atoms with Gasteiger partial charge in [-0.2, -0.15) is 5.10 Å². The summed E-state index contributed by atoms with van der Waals surface area (Å²) in [7, 11) is 0. The fourth-order valence-corrected chi connectivity index (χ4v) is 5.20. The van der Waals surface area contributed by atoms with E-state index in [9.17, 15) is 0 Å². The van der Waals surface area contributed by atoms with Crippen molar-refractivity contribution in [3.63, 3.8) is 0 Å². The number of aromatic amines is 1. The van der Waals surface area contributed by atoms with E-state index in [4.69, 9.17) is 5.10 Å². The summed E-state index contributed by atoms with van der Waals surface area (Å²) in [6.45, 7) is 7.29. The molecular weight excluding hydrogens is 280 g/mol. The van der Waals surface area contributed by atoms with Crippen molar-refractivity contribution in [1.82, 2.24) is 10.2 Å². The fraction of sp³-hybridized carbons (Fsp3) is 0.381. The lowest BCUT2D eigenvalue weighted by Gasteiger charge is -2.34. The van der Waals surface area contributed by atoms with Crippen molar-refractivity contribution in [3.8, 4) is 11.3 Å². The number of H-pyrrole nitrogens is 1. The zero-order chi connectivity index (χ0) is 15.8. The molecule has 0 spiro atoms. The molecule has 0 aliphatic heterocycles. The molecule has 23 heavy (non-hydrogen) atoms. The molecule has 2 atom stereocenters. The van der Waals surface area contributed by atoms with Crippen molar-refractivity contribution < 1.29 is 0 Å². The third-order valence-corrected chi connectivity index (χ3v) is 6.98. The molecule has 2 aliphatic carbocycles. The maximum atomic E-state index is 4.78. The van der Waals surface area contributed by atoms with Crippen molar-refractivity contribution in [3.05, 3.63) is 53.7 Å². The second-order valence-electron chi connectivity index (χ2n) is 8.03. The standard InChI is InChI=1S/C21H22N2/c1-20(2)16-11-12-21(20,3)19-17(16)18(22-23-19)15-10-6-8-13-7-4-5-9-14(13)15/h4-10,16H,11-12H2,1-3H3,(H,22,23). The van der Waals surface area contributed by atoms with Gasteiger partial charge in [0.25, 0.3) is 0 Å². The zero-order valence-electron chi connectivity index (χ0n) is 14.0. The Kier molecular flexibility index (Phi) is 2.35. The van der Waals surface area contributed by atoms with Gasteiger partial charge in [-0.15, -0.1) is 0 Å². The average Bonchev–Trinajstić information content (AvgIpc) is 3.13. The van der Waals surface area contributed by atoms with E-state index in [1.54, 1.807) is 0 Å². The summed E-state index contributed by atoms with van der Waals surface area (Å²) >= 11 is 0. The lowest BCUT2D eigenvalue weighted by Crippen LogP contribution is -2.32. The van der Waals surface area contributed by atoms with Gasteiger partial charge in [-0.1, -0.05) is 63.2 Å². The van der Waals surface area contributed by atoms with Crippen LogP contribution in [0.2, 0.25) is 0 Å². The van der Waals surface area contributed by atoms with Gasteiger partial charge >= 0.3 is 0 Å². The summed E-state index contributed by atoms with van der Waals surface area (Å²) in [6, 6.07) is 15.2. The molecule has 2 aromatic carbocycles. The van der Waals surface area contributed by atoms with Crippen LogP contribution in [-0.2, 0) is 5.41 Å². The second kappa shape index (κ2) is 4.05. The number of nitrogens with one attached hydrogen (secondary N) is 1. The molecule has 1 fully saturated rings. The summed E-state index contributed by atoms with van der Waals surface area (Å²) in [6.07, 6.45) is 2.56. The molecule has 0 amide bonds. The first-order chi connectivity index (χ1) is 11.0. The van der Waals surface area contributed by atoms with Crippen LogP contribution in [0.15, 0.2) is 42.5 Å². The summed E-state index contributed by atoms with van der Waals surface area (Å²) in [5, 5.41) is 10.8. The molecule has 2 bridgehead atoms. The SMILES string of the molecule is CC12CCC(c3c(-c4cccc5ccccc45)n[nH]c31)C2(C)C. The van der Waals surface area contributed by atoms with Crippen LogP contribution in [0.5, 0.6) is 0 Å². The zero-order valence-corrected chi connectivity index (χ0v) is 14.0. The molecule has 1 saturated carbocycles. The first-order valence-electron chi connectivity index (χ1n) is 8.61. The second-order valence-corrected chi connectivity index (χ2v) is 8.03. The van der Waals surface area contributed by atoms with Crippen LogP contribution in [0.25, 0.3) is 22.0 Å². The minimum absolute atomic E-state index is 0.239. The van der Waals surface area contributed by atoms with E-state index in [-0.39, 0.29) is 5.41 Å². The van der Waals surface area contributed by atoms with Crippen LogP contribution in [0.1, 0.15) is 50.8 Å². The van der Waals surface area contributed by atoms with Crippen LogP contribution in [0.3, 0.4) is 0 Å². The molecule has 1 heterocycles. The average molecular weight is 302 g/mol. The van der Waals surface area contributed by atoms with Gasteiger partial charge in [0.15, 0.2) is 0 Å². The predicted molar refractivity (Wildman–Crippen MR) is 94.6 cm³/mol.